The third-order valence-electron chi connectivity index (χ3n) is 6.43. The molecule has 0 fully saturated rings. The van der Waals surface area contributed by atoms with E-state index in [0.717, 1.165) is 46.5 Å². The fourth-order valence-electron chi connectivity index (χ4n) is 4.64. The van der Waals surface area contributed by atoms with E-state index in [-0.39, 0.29) is 11.6 Å². The standard InChI is InChI=1S/C28H30N6O2/c1-3-8-26(27-30-31-32-34(27)17-21-9-5-4-6-10-21)33(19-24-11-7-14-36-24)18-23-16-22-13-12-20(2)15-25(22)29-28(23)35/h4-7,9-16,26H,3,8,17-19H2,1-2H3,(H,29,35). The monoisotopic (exact) mass is 482 g/mol. The summed E-state index contributed by atoms with van der Waals surface area (Å²) in [5, 5.41) is 13.8. The Morgan fingerprint density at radius 1 is 1.06 bits per heavy atom. The highest BCUT2D eigenvalue weighted by Gasteiger charge is 2.27. The number of nitrogens with one attached hydrogen (secondary N) is 1. The number of aryl methyl sites for hydroxylation is 1. The van der Waals surface area contributed by atoms with Crippen molar-refractivity contribution in [3.8, 4) is 0 Å². The number of pyridine rings is 1. The van der Waals surface area contributed by atoms with Crippen molar-refractivity contribution < 1.29 is 4.42 Å². The number of aromatic nitrogens is 5. The summed E-state index contributed by atoms with van der Waals surface area (Å²) in [6.07, 6.45) is 3.44. The van der Waals surface area contributed by atoms with Crippen LogP contribution in [0.3, 0.4) is 0 Å². The van der Waals surface area contributed by atoms with Gasteiger partial charge in [0.25, 0.3) is 5.56 Å². The number of hydrogen-bond donors (Lipinski definition) is 1. The lowest BCUT2D eigenvalue weighted by Gasteiger charge is -2.30. The van der Waals surface area contributed by atoms with Gasteiger partial charge in [-0.05, 0) is 64.5 Å². The molecule has 0 saturated carbocycles. The third-order valence-corrected chi connectivity index (χ3v) is 6.43. The number of tetrazole rings is 1. The van der Waals surface area contributed by atoms with E-state index in [1.165, 1.54) is 0 Å². The molecular formula is C28H30N6O2. The van der Waals surface area contributed by atoms with Gasteiger partial charge in [-0.15, -0.1) is 5.10 Å². The number of rotatable bonds is 10. The van der Waals surface area contributed by atoms with E-state index in [9.17, 15) is 4.79 Å². The highest BCUT2D eigenvalue weighted by atomic mass is 16.3. The summed E-state index contributed by atoms with van der Waals surface area (Å²) >= 11 is 0. The van der Waals surface area contributed by atoms with Gasteiger partial charge >= 0.3 is 0 Å². The van der Waals surface area contributed by atoms with Crippen LogP contribution in [0.1, 0.15) is 54.1 Å². The molecule has 3 heterocycles. The first-order valence-corrected chi connectivity index (χ1v) is 12.3. The number of nitrogens with zero attached hydrogens (tertiary/aromatic N) is 5. The van der Waals surface area contributed by atoms with Crippen LogP contribution in [0.25, 0.3) is 10.9 Å². The first-order valence-electron chi connectivity index (χ1n) is 12.3. The quantitative estimate of drug-likeness (QED) is 0.301. The molecule has 0 radical (unpaired) electrons. The van der Waals surface area contributed by atoms with Crippen LogP contribution < -0.4 is 5.56 Å². The van der Waals surface area contributed by atoms with Crippen LogP contribution in [0.5, 0.6) is 0 Å². The summed E-state index contributed by atoms with van der Waals surface area (Å²) in [7, 11) is 0. The van der Waals surface area contributed by atoms with Gasteiger partial charge < -0.3 is 9.40 Å². The largest absolute Gasteiger partial charge is 0.468 e. The van der Waals surface area contributed by atoms with Gasteiger partial charge in [0, 0.05) is 17.6 Å². The van der Waals surface area contributed by atoms with Crippen LogP contribution in [-0.2, 0) is 19.6 Å². The molecule has 0 aliphatic carbocycles. The van der Waals surface area contributed by atoms with E-state index in [1.54, 1.807) is 6.26 Å². The molecule has 8 nitrogen and oxygen atoms in total. The summed E-state index contributed by atoms with van der Waals surface area (Å²) in [4.78, 5) is 18.4. The van der Waals surface area contributed by atoms with Gasteiger partial charge in [-0.2, -0.15) is 0 Å². The van der Waals surface area contributed by atoms with Gasteiger partial charge in [0.15, 0.2) is 5.82 Å². The minimum Gasteiger partial charge on any atom is -0.468 e. The average Bonchev–Trinajstić information content (AvgIpc) is 3.56. The maximum absolute atomic E-state index is 13.1. The Morgan fingerprint density at radius 3 is 2.69 bits per heavy atom. The zero-order chi connectivity index (χ0) is 24.9. The molecule has 0 spiro atoms. The summed E-state index contributed by atoms with van der Waals surface area (Å²) < 4.78 is 7.56. The summed E-state index contributed by atoms with van der Waals surface area (Å²) in [6.45, 7) is 5.71. The molecule has 1 N–H and O–H groups in total. The maximum atomic E-state index is 13.1. The highest BCUT2D eigenvalue weighted by molar-refractivity contribution is 5.79. The fraction of sp³-hybridized carbons (Fsp3) is 0.286. The molecule has 3 aromatic heterocycles. The van der Waals surface area contributed by atoms with Crippen molar-refractivity contribution in [2.24, 2.45) is 0 Å². The Balaban J connectivity index is 1.52. The Morgan fingerprint density at radius 2 is 1.92 bits per heavy atom. The zero-order valence-electron chi connectivity index (χ0n) is 20.6. The molecule has 0 amide bonds. The average molecular weight is 483 g/mol. The predicted octanol–water partition coefficient (Wildman–Crippen LogP) is 5.01. The molecule has 5 aromatic rings. The van der Waals surface area contributed by atoms with E-state index >= 15 is 0 Å². The number of benzene rings is 2. The number of fused-ring (bicyclic) bond motifs is 1. The van der Waals surface area contributed by atoms with Crippen molar-refractivity contribution >= 4 is 10.9 Å². The van der Waals surface area contributed by atoms with Gasteiger partial charge in [-0.3, -0.25) is 9.69 Å². The summed E-state index contributed by atoms with van der Waals surface area (Å²) in [6, 6.07) is 22.0. The van der Waals surface area contributed by atoms with Crippen molar-refractivity contribution in [1.82, 2.24) is 30.1 Å². The molecule has 8 heteroatoms. The molecule has 0 bridgehead atoms. The fourth-order valence-corrected chi connectivity index (χ4v) is 4.64. The van der Waals surface area contributed by atoms with Crippen LogP contribution in [0, 0.1) is 6.92 Å². The lowest BCUT2D eigenvalue weighted by molar-refractivity contribution is 0.144. The van der Waals surface area contributed by atoms with E-state index in [1.807, 2.05) is 60.1 Å². The van der Waals surface area contributed by atoms with Crippen molar-refractivity contribution in [3.05, 3.63) is 112 Å². The van der Waals surface area contributed by atoms with E-state index in [4.69, 9.17) is 4.42 Å². The number of H-pyrrole nitrogens is 1. The zero-order valence-corrected chi connectivity index (χ0v) is 20.6. The topological polar surface area (TPSA) is 92.8 Å². The van der Waals surface area contributed by atoms with Gasteiger partial charge in [0.2, 0.25) is 0 Å². The summed E-state index contributed by atoms with van der Waals surface area (Å²) in [5.41, 5.74) is 3.69. The molecule has 5 rings (SSSR count). The molecule has 0 saturated heterocycles. The second-order valence-electron chi connectivity index (χ2n) is 9.18. The van der Waals surface area contributed by atoms with E-state index < -0.39 is 0 Å². The molecule has 2 aromatic carbocycles. The minimum absolute atomic E-state index is 0.0864. The Hall–Kier alpha value is -4.04. The van der Waals surface area contributed by atoms with Gasteiger partial charge in [0.05, 0.1) is 25.4 Å². The van der Waals surface area contributed by atoms with Crippen LogP contribution in [0.15, 0.2) is 82.2 Å². The van der Waals surface area contributed by atoms with Crippen molar-refractivity contribution in [3.63, 3.8) is 0 Å². The van der Waals surface area contributed by atoms with Gasteiger partial charge in [-0.25, -0.2) is 4.68 Å². The van der Waals surface area contributed by atoms with Crippen molar-refractivity contribution in [2.75, 3.05) is 0 Å². The smallest absolute Gasteiger partial charge is 0.252 e. The predicted molar refractivity (Wildman–Crippen MR) is 138 cm³/mol. The molecule has 0 aliphatic heterocycles. The Labute approximate surface area is 209 Å². The highest BCUT2D eigenvalue weighted by Crippen LogP contribution is 2.28. The SMILES string of the molecule is CCCC(c1nnnn1Cc1ccccc1)N(Cc1ccco1)Cc1cc2ccc(C)cc2[nH]c1=O. The van der Waals surface area contributed by atoms with Crippen molar-refractivity contribution in [2.45, 2.75) is 52.4 Å². The second kappa shape index (κ2) is 10.7. The Kier molecular flexibility index (Phi) is 7.04. The molecule has 1 atom stereocenters. The minimum atomic E-state index is -0.105. The first-order chi connectivity index (χ1) is 17.6. The van der Waals surface area contributed by atoms with Crippen LogP contribution >= 0.6 is 0 Å². The van der Waals surface area contributed by atoms with E-state index in [2.05, 4.69) is 50.5 Å². The molecule has 1 unspecified atom stereocenters. The van der Waals surface area contributed by atoms with Crippen LogP contribution in [0.4, 0.5) is 0 Å². The number of furan rings is 1. The molecule has 0 aliphatic rings. The molecular weight excluding hydrogens is 452 g/mol. The third kappa shape index (κ3) is 5.28. The Bertz CT molecular complexity index is 1470. The second-order valence-corrected chi connectivity index (χ2v) is 9.18. The normalized spacial score (nSPS) is 12.4. The number of aromatic amines is 1. The molecule has 184 valence electrons. The first kappa shape index (κ1) is 23.7. The molecule has 36 heavy (non-hydrogen) atoms. The maximum Gasteiger partial charge on any atom is 0.252 e. The van der Waals surface area contributed by atoms with E-state index in [0.29, 0.717) is 25.2 Å². The lowest BCUT2D eigenvalue weighted by Crippen LogP contribution is -2.32. The van der Waals surface area contributed by atoms with Crippen LogP contribution in [-0.4, -0.2) is 30.1 Å². The lowest BCUT2D eigenvalue weighted by atomic mass is 10.1. The number of hydrogen-bond acceptors (Lipinski definition) is 6. The van der Waals surface area contributed by atoms with Gasteiger partial charge in [0.1, 0.15) is 5.76 Å². The van der Waals surface area contributed by atoms with Gasteiger partial charge in [-0.1, -0.05) is 55.8 Å². The van der Waals surface area contributed by atoms with Crippen molar-refractivity contribution in [1.29, 1.82) is 0 Å². The summed E-state index contributed by atoms with van der Waals surface area (Å²) in [5.74, 6) is 1.60. The van der Waals surface area contributed by atoms with Crippen LogP contribution in [0.2, 0.25) is 0 Å².